The van der Waals surface area contributed by atoms with Crippen molar-refractivity contribution < 1.29 is 19.4 Å². The summed E-state index contributed by atoms with van der Waals surface area (Å²) in [5.41, 5.74) is 0.635. The molecule has 0 aliphatic heterocycles. The van der Waals surface area contributed by atoms with Crippen molar-refractivity contribution in [2.24, 2.45) is 0 Å². The molecule has 0 bridgehead atoms. The van der Waals surface area contributed by atoms with Gasteiger partial charge in [0.2, 0.25) is 0 Å². The van der Waals surface area contributed by atoms with Gasteiger partial charge in [-0.15, -0.1) is 0 Å². The molecule has 179 valence electrons. The maximum Gasteiger partial charge on any atom is 0.343 e. The van der Waals surface area contributed by atoms with Crippen molar-refractivity contribution >= 4 is 46.3 Å². The standard InChI is InChI=1S/C19H16O4.C9H20O.Na/c1-12(20)11-15(13-7-3-2-4-8-13)17-18(21)14-9-5-6-10-16(14)23-19(17)22;1-2-3-4-5-6-7-8-9-10;/h2-10,15,21H,11H2,1H3;10H,2-9H2,1H3;. The molecule has 34 heavy (non-hydrogen) atoms. The molecule has 5 nitrogen and oxygen atoms in total. The summed E-state index contributed by atoms with van der Waals surface area (Å²) >= 11 is 0. The fraction of sp³-hybridized carbons (Fsp3) is 0.429. The number of aromatic hydroxyl groups is 1. The van der Waals surface area contributed by atoms with Gasteiger partial charge in [0.15, 0.2) is 0 Å². The molecular formula is C28H36NaO5. The Kier molecular flexibility index (Phi) is 14.8. The van der Waals surface area contributed by atoms with Crippen LogP contribution in [-0.4, -0.2) is 52.2 Å². The summed E-state index contributed by atoms with van der Waals surface area (Å²) in [7, 11) is 0. The van der Waals surface area contributed by atoms with Crippen LogP contribution in [0.4, 0.5) is 0 Å². The molecule has 0 spiro atoms. The molecule has 0 amide bonds. The van der Waals surface area contributed by atoms with E-state index < -0.39 is 11.5 Å². The molecular weight excluding hydrogens is 439 g/mol. The number of para-hydroxylation sites is 1. The van der Waals surface area contributed by atoms with E-state index in [4.69, 9.17) is 9.52 Å². The predicted octanol–water partition coefficient (Wildman–Crippen LogP) is 5.96. The summed E-state index contributed by atoms with van der Waals surface area (Å²) in [6.45, 7) is 4.07. The van der Waals surface area contributed by atoms with Gasteiger partial charge in [-0.05, 0) is 31.0 Å². The Balaban J connectivity index is 0.000000450. The Morgan fingerprint density at radius 3 is 2.12 bits per heavy atom. The summed E-state index contributed by atoms with van der Waals surface area (Å²) in [4.78, 5) is 24.1. The van der Waals surface area contributed by atoms with Crippen molar-refractivity contribution in [3.8, 4) is 5.75 Å². The molecule has 3 aromatic rings. The van der Waals surface area contributed by atoms with Crippen molar-refractivity contribution in [3.05, 3.63) is 76.1 Å². The monoisotopic (exact) mass is 475 g/mol. The minimum Gasteiger partial charge on any atom is -0.507 e. The van der Waals surface area contributed by atoms with Gasteiger partial charge < -0.3 is 14.6 Å². The Hall–Kier alpha value is -1.92. The molecule has 0 fully saturated rings. The molecule has 0 saturated carbocycles. The van der Waals surface area contributed by atoms with Crippen molar-refractivity contribution in [1.29, 1.82) is 0 Å². The van der Waals surface area contributed by atoms with Gasteiger partial charge in [0.1, 0.15) is 17.1 Å². The van der Waals surface area contributed by atoms with E-state index in [0.29, 0.717) is 17.6 Å². The Labute approximate surface area is 224 Å². The predicted molar refractivity (Wildman–Crippen MR) is 139 cm³/mol. The zero-order chi connectivity index (χ0) is 24.1. The summed E-state index contributed by atoms with van der Waals surface area (Å²) in [6.07, 6.45) is 9.06. The first-order chi connectivity index (χ1) is 16.0. The van der Waals surface area contributed by atoms with E-state index in [9.17, 15) is 14.7 Å². The normalized spacial score (nSPS) is 11.3. The van der Waals surface area contributed by atoms with E-state index in [1.54, 1.807) is 24.3 Å². The summed E-state index contributed by atoms with van der Waals surface area (Å²) < 4.78 is 5.33. The smallest absolute Gasteiger partial charge is 0.343 e. The van der Waals surface area contributed by atoms with E-state index in [-0.39, 0.29) is 53.1 Å². The van der Waals surface area contributed by atoms with Crippen molar-refractivity contribution in [3.63, 3.8) is 0 Å². The number of aliphatic hydroxyl groups excluding tert-OH is 1. The van der Waals surface area contributed by atoms with Crippen molar-refractivity contribution in [1.82, 2.24) is 0 Å². The van der Waals surface area contributed by atoms with Crippen molar-refractivity contribution in [2.45, 2.75) is 71.1 Å². The number of aliphatic hydroxyl groups is 1. The van der Waals surface area contributed by atoms with Gasteiger partial charge in [0, 0.05) is 48.5 Å². The summed E-state index contributed by atoms with van der Waals surface area (Å²) in [5, 5.41) is 19.5. The second kappa shape index (κ2) is 16.7. The van der Waals surface area contributed by atoms with Crippen LogP contribution in [-0.2, 0) is 4.79 Å². The number of ketones is 1. The molecule has 0 aliphatic rings. The second-order valence-electron chi connectivity index (χ2n) is 8.36. The zero-order valence-electron chi connectivity index (χ0n) is 20.8. The van der Waals surface area contributed by atoms with Gasteiger partial charge in [-0.2, -0.15) is 0 Å². The minimum atomic E-state index is -0.615. The van der Waals surface area contributed by atoms with Crippen molar-refractivity contribution in [2.75, 3.05) is 6.61 Å². The van der Waals surface area contributed by atoms with Gasteiger partial charge in [0.25, 0.3) is 0 Å². The van der Waals surface area contributed by atoms with Gasteiger partial charge in [-0.1, -0.05) is 87.9 Å². The first-order valence-corrected chi connectivity index (χ1v) is 11.9. The van der Waals surface area contributed by atoms with Crippen LogP contribution in [0, 0.1) is 0 Å². The third kappa shape index (κ3) is 9.38. The average molecular weight is 476 g/mol. The number of hydrogen-bond donors (Lipinski definition) is 2. The average Bonchev–Trinajstić information content (AvgIpc) is 2.81. The first kappa shape index (κ1) is 30.1. The van der Waals surface area contributed by atoms with Gasteiger partial charge in [0.05, 0.1) is 10.9 Å². The largest absolute Gasteiger partial charge is 0.507 e. The van der Waals surface area contributed by atoms with Gasteiger partial charge >= 0.3 is 5.63 Å². The van der Waals surface area contributed by atoms with Gasteiger partial charge in [-0.3, -0.25) is 4.79 Å². The fourth-order valence-electron chi connectivity index (χ4n) is 3.88. The molecule has 2 aromatic carbocycles. The third-order valence-electron chi connectivity index (χ3n) is 5.62. The van der Waals surface area contributed by atoms with Crippen LogP contribution in [0.2, 0.25) is 0 Å². The number of rotatable bonds is 11. The van der Waals surface area contributed by atoms with E-state index in [1.807, 2.05) is 30.3 Å². The molecule has 2 N–H and O–H groups in total. The quantitative estimate of drug-likeness (QED) is 0.203. The van der Waals surface area contributed by atoms with Gasteiger partial charge in [-0.25, -0.2) is 4.79 Å². The molecule has 0 aliphatic carbocycles. The number of Topliss-reactive ketones (excluding diaryl/α,β-unsaturated/α-hetero) is 1. The topological polar surface area (TPSA) is 87.7 Å². The van der Waals surface area contributed by atoms with E-state index in [2.05, 4.69) is 6.92 Å². The summed E-state index contributed by atoms with van der Waals surface area (Å²) in [5.74, 6) is -0.715. The number of hydrogen-bond acceptors (Lipinski definition) is 5. The molecule has 1 radical (unpaired) electrons. The maximum absolute atomic E-state index is 12.4. The minimum absolute atomic E-state index is 0. The number of fused-ring (bicyclic) bond motifs is 1. The second-order valence-corrected chi connectivity index (χ2v) is 8.36. The SMILES string of the molecule is CC(=O)CC(c1ccccc1)c1c(O)c2ccccc2oc1=O.CCCCCCCCCO.[Na]. The van der Waals surface area contributed by atoms with E-state index in [0.717, 1.165) is 12.0 Å². The van der Waals surface area contributed by atoms with E-state index in [1.165, 1.54) is 45.4 Å². The Morgan fingerprint density at radius 2 is 1.50 bits per heavy atom. The number of unbranched alkanes of at least 4 members (excludes halogenated alkanes) is 6. The van der Waals surface area contributed by atoms with Crippen LogP contribution >= 0.6 is 0 Å². The number of carbonyl (C=O) groups is 1. The van der Waals surface area contributed by atoms with Crippen LogP contribution in [0.15, 0.2) is 63.8 Å². The molecule has 1 unspecified atom stereocenters. The fourth-order valence-corrected chi connectivity index (χ4v) is 3.88. The number of benzene rings is 2. The molecule has 1 atom stereocenters. The van der Waals surface area contributed by atoms with Crippen LogP contribution in [0.5, 0.6) is 5.75 Å². The molecule has 6 heteroatoms. The molecule has 1 aromatic heterocycles. The summed E-state index contributed by atoms with van der Waals surface area (Å²) in [6, 6.07) is 16.0. The molecule has 0 saturated heterocycles. The Morgan fingerprint density at radius 1 is 0.912 bits per heavy atom. The first-order valence-electron chi connectivity index (χ1n) is 11.9. The third-order valence-corrected chi connectivity index (χ3v) is 5.62. The molecule has 3 rings (SSSR count). The zero-order valence-corrected chi connectivity index (χ0v) is 22.8. The van der Waals surface area contributed by atoms with Crippen LogP contribution in [0.25, 0.3) is 11.0 Å². The van der Waals surface area contributed by atoms with Crippen LogP contribution in [0.1, 0.15) is 82.3 Å². The Bertz CT molecular complexity index is 1040. The number of carbonyl (C=O) groups excluding carboxylic acids is 1. The van der Waals surface area contributed by atoms with E-state index >= 15 is 0 Å². The van der Waals surface area contributed by atoms with Crippen LogP contribution in [0.3, 0.4) is 0 Å². The maximum atomic E-state index is 12.4. The molecule has 1 heterocycles. The van der Waals surface area contributed by atoms with Crippen LogP contribution < -0.4 is 5.63 Å².